The molecule has 0 fully saturated rings. The van der Waals surface area contributed by atoms with Crippen LogP contribution < -0.4 is 10.6 Å². The molecule has 0 saturated carbocycles. The molecule has 0 aromatic heterocycles. The number of anilines is 1. The standard InChI is InChI=1S/C11H13Cl2N5O/c12-8-3-4-9(13)10(7-8)17-11(19)15-5-1-2-6-16-18-14/h3-4,7H,1-2,5-6H2,(H2,15,17,19). The maximum atomic E-state index is 11.6. The summed E-state index contributed by atoms with van der Waals surface area (Å²) in [6, 6.07) is 4.47. The van der Waals surface area contributed by atoms with Crippen LogP contribution in [0, 0.1) is 0 Å². The molecule has 102 valence electrons. The molecule has 0 saturated heterocycles. The van der Waals surface area contributed by atoms with Gasteiger partial charge in [-0.25, -0.2) is 4.79 Å². The van der Waals surface area contributed by atoms with Gasteiger partial charge in [-0.1, -0.05) is 28.3 Å². The fourth-order valence-corrected chi connectivity index (χ4v) is 1.65. The van der Waals surface area contributed by atoms with E-state index in [1.807, 2.05) is 0 Å². The quantitative estimate of drug-likeness (QED) is 0.350. The molecule has 0 spiro atoms. The number of carbonyl (C=O) groups excluding carboxylic acids is 1. The van der Waals surface area contributed by atoms with E-state index in [4.69, 9.17) is 28.7 Å². The van der Waals surface area contributed by atoms with Crippen LogP contribution in [0.3, 0.4) is 0 Å². The molecule has 1 aromatic carbocycles. The minimum atomic E-state index is -0.354. The van der Waals surface area contributed by atoms with Gasteiger partial charge in [-0.15, -0.1) is 0 Å². The Morgan fingerprint density at radius 3 is 2.89 bits per heavy atom. The Bertz CT molecular complexity index is 488. The molecule has 0 bridgehead atoms. The van der Waals surface area contributed by atoms with Crippen LogP contribution in [0.15, 0.2) is 23.3 Å². The maximum absolute atomic E-state index is 11.6. The zero-order valence-electron chi connectivity index (χ0n) is 10.1. The van der Waals surface area contributed by atoms with E-state index in [9.17, 15) is 4.79 Å². The third-order valence-corrected chi connectivity index (χ3v) is 2.77. The molecule has 0 aliphatic carbocycles. The molecule has 0 heterocycles. The number of azide groups is 1. The van der Waals surface area contributed by atoms with Gasteiger partial charge in [-0.2, -0.15) is 0 Å². The highest BCUT2D eigenvalue weighted by Gasteiger charge is 2.05. The van der Waals surface area contributed by atoms with Crippen molar-refractivity contribution in [2.45, 2.75) is 12.8 Å². The number of hydrogen-bond donors (Lipinski definition) is 2. The monoisotopic (exact) mass is 301 g/mol. The SMILES string of the molecule is [N-]=[N+]=NCCCCNC(=O)Nc1cc(Cl)ccc1Cl. The van der Waals surface area contributed by atoms with Crippen LogP contribution in [0.1, 0.15) is 12.8 Å². The summed E-state index contributed by atoms with van der Waals surface area (Å²) >= 11 is 11.7. The average Bonchev–Trinajstić information content (AvgIpc) is 2.38. The van der Waals surface area contributed by atoms with E-state index in [1.165, 1.54) is 0 Å². The van der Waals surface area contributed by atoms with Crippen LogP contribution in [0.4, 0.5) is 10.5 Å². The van der Waals surface area contributed by atoms with Gasteiger partial charge in [0.25, 0.3) is 0 Å². The Balaban J connectivity index is 2.31. The second-order valence-electron chi connectivity index (χ2n) is 3.67. The average molecular weight is 302 g/mol. The van der Waals surface area contributed by atoms with Gasteiger partial charge in [0, 0.05) is 23.0 Å². The topological polar surface area (TPSA) is 89.9 Å². The molecule has 2 amide bonds. The van der Waals surface area contributed by atoms with Crippen LogP contribution in [-0.4, -0.2) is 19.1 Å². The number of rotatable bonds is 6. The van der Waals surface area contributed by atoms with E-state index in [2.05, 4.69) is 20.7 Å². The highest BCUT2D eigenvalue weighted by molar-refractivity contribution is 6.35. The van der Waals surface area contributed by atoms with Crippen LogP contribution >= 0.6 is 23.2 Å². The molecule has 0 radical (unpaired) electrons. The summed E-state index contributed by atoms with van der Waals surface area (Å²) in [6.45, 7) is 0.922. The Labute approximate surface area is 120 Å². The molecular weight excluding hydrogens is 289 g/mol. The molecule has 0 aliphatic heterocycles. The summed E-state index contributed by atoms with van der Waals surface area (Å²) < 4.78 is 0. The van der Waals surface area contributed by atoms with Gasteiger partial charge in [0.1, 0.15) is 0 Å². The van der Waals surface area contributed by atoms with Crippen molar-refractivity contribution in [2.75, 3.05) is 18.4 Å². The Hall–Kier alpha value is -1.62. The molecule has 1 rings (SSSR count). The number of halogens is 2. The van der Waals surface area contributed by atoms with E-state index < -0.39 is 0 Å². The van der Waals surface area contributed by atoms with Crippen molar-refractivity contribution in [2.24, 2.45) is 5.11 Å². The second kappa shape index (κ2) is 8.48. The first-order valence-electron chi connectivity index (χ1n) is 5.64. The minimum absolute atomic E-state index is 0.354. The smallest absolute Gasteiger partial charge is 0.319 e. The van der Waals surface area contributed by atoms with Gasteiger partial charge in [-0.05, 0) is 36.6 Å². The molecule has 6 nitrogen and oxygen atoms in total. The van der Waals surface area contributed by atoms with Crippen molar-refractivity contribution in [3.05, 3.63) is 38.7 Å². The zero-order valence-corrected chi connectivity index (χ0v) is 11.6. The Morgan fingerprint density at radius 1 is 1.37 bits per heavy atom. The first kappa shape index (κ1) is 15.4. The number of unbranched alkanes of at least 4 members (excludes halogenated alkanes) is 1. The Kier molecular flexibility index (Phi) is 6.89. The van der Waals surface area contributed by atoms with Crippen molar-refractivity contribution < 1.29 is 4.79 Å². The molecule has 19 heavy (non-hydrogen) atoms. The molecule has 0 atom stereocenters. The van der Waals surface area contributed by atoms with Crippen molar-refractivity contribution in [1.82, 2.24) is 5.32 Å². The number of nitrogens with one attached hydrogen (secondary N) is 2. The lowest BCUT2D eigenvalue weighted by molar-refractivity contribution is 0.252. The first-order valence-corrected chi connectivity index (χ1v) is 6.40. The maximum Gasteiger partial charge on any atom is 0.319 e. The minimum Gasteiger partial charge on any atom is -0.338 e. The van der Waals surface area contributed by atoms with Gasteiger partial charge in [-0.3, -0.25) is 0 Å². The third-order valence-electron chi connectivity index (χ3n) is 2.21. The second-order valence-corrected chi connectivity index (χ2v) is 4.51. The summed E-state index contributed by atoms with van der Waals surface area (Å²) in [7, 11) is 0. The largest absolute Gasteiger partial charge is 0.338 e. The van der Waals surface area contributed by atoms with E-state index in [1.54, 1.807) is 18.2 Å². The number of benzene rings is 1. The lowest BCUT2D eigenvalue weighted by Gasteiger charge is -2.09. The summed E-state index contributed by atoms with van der Waals surface area (Å²) in [4.78, 5) is 14.2. The third kappa shape index (κ3) is 6.20. The lowest BCUT2D eigenvalue weighted by Crippen LogP contribution is -2.29. The van der Waals surface area contributed by atoms with E-state index >= 15 is 0 Å². The van der Waals surface area contributed by atoms with Crippen molar-refractivity contribution in [1.29, 1.82) is 0 Å². The van der Waals surface area contributed by atoms with Crippen LogP contribution in [-0.2, 0) is 0 Å². The number of urea groups is 1. The van der Waals surface area contributed by atoms with Gasteiger partial charge in [0.05, 0.1) is 10.7 Å². The van der Waals surface area contributed by atoms with E-state index in [0.29, 0.717) is 28.8 Å². The van der Waals surface area contributed by atoms with Gasteiger partial charge in [0.15, 0.2) is 0 Å². The van der Waals surface area contributed by atoms with Crippen molar-refractivity contribution >= 4 is 34.9 Å². The Morgan fingerprint density at radius 2 is 2.16 bits per heavy atom. The van der Waals surface area contributed by atoms with Crippen LogP contribution in [0.25, 0.3) is 10.4 Å². The predicted molar refractivity (Wildman–Crippen MR) is 76.7 cm³/mol. The summed E-state index contributed by atoms with van der Waals surface area (Å²) in [5.74, 6) is 0. The molecular formula is C11H13Cl2N5O. The first-order chi connectivity index (χ1) is 9.13. The van der Waals surface area contributed by atoms with Gasteiger partial charge < -0.3 is 10.6 Å². The van der Waals surface area contributed by atoms with E-state index in [0.717, 1.165) is 12.8 Å². The van der Waals surface area contributed by atoms with E-state index in [-0.39, 0.29) is 6.03 Å². The molecule has 2 N–H and O–H groups in total. The van der Waals surface area contributed by atoms with Crippen LogP contribution in [0.5, 0.6) is 0 Å². The van der Waals surface area contributed by atoms with Gasteiger partial charge >= 0.3 is 6.03 Å². The number of amides is 2. The highest BCUT2D eigenvalue weighted by atomic mass is 35.5. The summed E-state index contributed by atoms with van der Waals surface area (Å²) in [6.07, 6.45) is 1.46. The molecule has 8 heteroatoms. The number of nitrogens with zero attached hydrogens (tertiary/aromatic N) is 3. The predicted octanol–water partition coefficient (Wildman–Crippen LogP) is 4.21. The fourth-order valence-electron chi connectivity index (χ4n) is 1.31. The normalized spacial score (nSPS) is 9.58. The lowest BCUT2D eigenvalue weighted by atomic mass is 10.3. The zero-order chi connectivity index (χ0) is 14.1. The summed E-state index contributed by atoms with van der Waals surface area (Å²) in [5.41, 5.74) is 8.54. The fraction of sp³-hybridized carbons (Fsp3) is 0.364. The van der Waals surface area contributed by atoms with Crippen LogP contribution in [0.2, 0.25) is 10.0 Å². The molecule has 0 unspecified atom stereocenters. The van der Waals surface area contributed by atoms with Crippen molar-refractivity contribution in [3.8, 4) is 0 Å². The van der Waals surface area contributed by atoms with Gasteiger partial charge in [0.2, 0.25) is 0 Å². The van der Waals surface area contributed by atoms with Crippen molar-refractivity contribution in [3.63, 3.8) is 0 Å². The molecule has 1 aromatic rings. The highest BCUT2D eigenvalue weighted by Crippen LogP contribution is 2.25. The number of carbonyl (C=O) groups is 1. The molecule has 0 aliphatic rings. The number of hydrogen-bond acceptors (Lipinski definition) is 2. The summed E-state index contributed by atoms with van der Waals surface area (Å²) in [5, 5.41) is 9.58.